The first-order valence-electron chi connectivity index (χ1n) is 5.61. The van der Waals surface area contributed by atoms with Gasteiger partial charge in [-0.1, -0.05) is 0 Å². The number of amides is 2. The van der Waals surface area contributed by atoms with Crippen molar-refractivity contribution in [3.8, 4) is 0 Å². The van der Waals surface area contributed by atoms with Gasteiger partial charge in [0.15, 0.2) is 0 Å². The predicted molar refractivity (Wildman–Crippen MR) is 57.9 cm³/mol. The molecule has 1 aliphatic carbocycles. The van der Waals surface area contributed by atoms with Crippen LogP contribution < -0.4 is 10.6 Å². The lowest BCUT2D eigenvalue weighted by atomic mass is 10.1. The monoisotopic (exact) mass is 226 g/mol. The van der Waals surface area contributed by atoms with Crippen LogP contribution in [0.3, 0.4) is 0 Å². The molecule has 1 unspecified atom stereocenters. The van der Waals surface area contributed by atoms with E-state index in [2.05, 4.69) is 10.6 Å². The summed E-state index contributed by atoms with van der Waals surface area (Å²) in [4.78, 5) is 23.0. The van der Waals surface area contributed by atoms with Gasteiger partial charge in [-0.15, -0.1) is 0 Å². The lowest BCUT2D eigenvalue weighted by Gasteiger charge is -2.21. The van der Waals surface area contributed by atoms with Gasteiger partial charge in [0, 0.05) is 5.54 Å². The quantitative estimate of drug-likeness (QED) is 0.699. The van der Waals surface area contributed by atoms with E-state index >= 15 is 0 Å². The highest BCUT2D eigenvalue weighted by atomic mass is 16.6. The smallest absolute Gasteiger partial charge is 0.408 e. The van der Waals surface area contributed by atoms with Crippen LogP contribution in [0.15, 0.2) is 0 Å². The van der Waals surface area contributed by atoms with Crippen molar-refractivity contribution in [2.75, 3.05) is 0 Å². The normalized spacial score (nSPS) is 26.4. The summed E-state index contributed by atoms with van der Waals surface area (Å²) in [5.41, 5.74) is -0.548. The number of alkyl carbamates (subject to hydrolysis) is 1. The van der Waals surface area contributed by atoms with E-state index in [4.69, 9.17) is 4.74 Å². The average Bonchev–Trinajstić information content (AvgIpc) is 2.72. The Bertz CT molecular complexity index is 329. The largest absolute Gasteiger partial charge is 0.444 e. The Labute approximate surface area is 94.9 Å². The molecule has 0 bridgehead atoms. The number of rotatable bonds is 1. The first-order valence-corrected chi connectivity index (χ1v) is 5.61. The number of hydrogen-bond donors (Lipinski definition) is 2. The summed E-state index contributed by atoms with van der Waals surface area (Å²) in [6.07, 6.45) is 2.20. The van der Waals surface area contributed by atoms with Crippen molar-refractivity contribution in [1.29, 1.82) is 0 Å². The van der Waals surface area contributed by atoms with Crippen molar-refractivity contribution in [3.63, 3.8) is 0 Å². The Hall–Kier alpha value is -1.26. The van der Waals surface area contributed by atoms with Crippen LogP contribution in [0.2, 0.25) is 0 Å². The summed E-state index contributed by atoms with van der Waals surface area (Å²) in [5.74, 6) is -0.0941. The van der Waals surface area contributed by atoms with Crippen molar-refractivity contribution < 1.29 is 14.3 Å². The third-order valence-corrected chi connectivity index (χ3v) is 2.84. The molecule has 0 aromatic carbocycles. The van der Waals surface area contributed by atoms with Gasteiger partial charge in [-0.25, -0.2) is 4.79 Å². The SMILES string of the molecule is CC(C)(C)OC(=O)NC1CC2(CC2)NC1=O. The van der Waals surface area contributed by atoms with Gasteiger partial charge in [0.05, 0.1) is 0 Å². The number of hydrogen-bond acceptors (Lipinski definition) is 3. The van der Waals surface area contributed by atoms with Crippen LogP contribution in [0.25, 0.3) is 0 Å². The molecule has 0 aromatic rings. The van der Waals surface area contributed by atoms with Gasteiger partial charge >= 0.3 is 6.09 Å². The predicted octanol–water partition coefficient (Wildman–Crippen LogP) is 0.932. The summed E-state index contributed by atoms with van der Waals surface area (Å²) in [6.45, 7) is 5.39. The van der Waals surface area contributed by atoms with Crippen LogP contribution in [-0.4, -0.2) is 29.2 Å². The molecule has 5 nitrogen and oxygen atoms in total. The summed E-state index contributed by atoms with van der Waals surface area (Å²) in [7, 11) is 0. The fourth-order valence-corrected chi connectivity index (χ4v) is 1.93. The molecule has 2 aliphatic rings. The second kappa shape index (κ2) is 3.37. The van der Waals surface area contributed by atoms with E-state index in [0.717, 1.165) is 12.8 Å². The lowest BCUT2D eigenvalue weighted by molar-refractivity contribution is -0.121. The molecule has 2 fully saturated rings. The fraction of sp³-hybridized carbons (Fsp3) is 0.818. The van der Waals surface area contributed by atoms with Crippen molar-refractivity contribution in [1.82, 2.24) is 10.6 Å². The van der Waals surface area contributed by atoms with Gasteiger partial charge in [0.1, 0.15) is 11.6 Å². The molecule has 1 atom stereocenters. The molecule has 90 valence electrons. The Balaban J connectivity index is 1.86. The summed E-state index contributed by atoms with van der Waals surface area (Å²) >= 11 is 0. The molecule has 1 saturated carbocycles. The Morgan fingerprint density at radius 1 is 1.50 bits per heavy atom. The summed E-state index contributed by atoms with van der Waals surface area (Å²) in [5, 5.41) is 5.52. The Morgan fingerprint density at radius 2 is 2.12 bits per heavy atom. The summed E-state index contributed by atoms with van der Waals surface area (Å²) in [6, 6.07) is -0.433. The zero-order valence-corrected chi connectivity index (χ0v) is 9.92. The topological polar surface area (TPSA) is 67.4 Å². The Morgan fingerprint density at radius 3 is 2.56 bits per heavy atom. The minimum absolute atomic E-state index is 0.0171. The van der Waals surface area contributed by atoms with Gasteiger partial charge in [0.25, 0.3) is 0 Å². The maximum atomic E-state index is 11.5. The molecule has 0 radical (unpaired) electrons. The van der Waals surface area contributed by atoms with Crippen LogP contribution in [-0.2, 0) is 9.53 Å². The molecule has 0 aromatic heterocycles. The third-order valence-electron chi connectivity index (χ3n) is 2.84. The highest BCUT2D eigenvalue weighted by Crippen LogP contribution is 2.43. The van der Waals surface area contributed by atoms with Crippen LogP contribution in [0.4, 0.5) is 4.79 Å². The number of carbonyl (C=O) groups is 2. The van der Waals surface area contributed by atoms with Crippen LogP contribution >= 0.6 is 0 Å². The van der Waals surface area contributed by atoms with E-state index in [1.165, 1.54) is 0 Å². The zero-order chi connectivity index (χ0) is 12.0. The molecule has 2 N–H and O–H groups in total. The van der Waals surface area contributed by atoms with E-state index in [-0.39, 0.29) is 11.4 Å². The molecule has 2 amide bonds. The number of nitrogens with one attached hydrogen (secondary N) is 2. The molecular formula is C11H18N2O3. The van der Waals surface area contributed by atoms with Crippen molar-refractivity contribution >= 4 is 12.0 Å². The molecule has 5 heteroatoms. The average molecular weight is 226 g/mol. The highest BCUT2D eigenvalue weighted by Gasteiger charge is 2.52. The van der Waals surface area contributed by atoms with E-state index < -0.39 is 17.7 Å². The minimum atomic E-state index is -0.531. The zero-order valence-electron chi connectivity index (χ0n) is 9.92. The van der Waals surface area contributed by atoms with Gasteiger partial charge in [-0.05, 0) is 40.0 Å². The van der Waals surface area contributed by atoms with Crippen molar-refractivity contribution in [2.45, 2.75) is 57.2 Å². The van der Waals surface area contributed by atoms with Crippen LogP contribution in [0, 0.1) is 0 Å². The third kappa shape index (κ3) is 2.46. The molecule has 1 aliphatic heterocycles. The summed E-state index contributed by atoms with van der Waals surface area (Å²) < 4.78 is 5.11. The van der Waals surface area contributed by atoms with E-state index in [9.17, 15) is 9.59 Å². The molecule has 1 spiro atoms. The first-order chi connectivity index (χ1) is 7.30. The second-order valence-corrected chi connectivity index (χ2v) is 5.67. The lowest BCUT2D eigenvalue weighted by Crippen LogP contribution is -2.42. The van der Waals surface area contributed by atoms with E-state index in [1.54, 1.807) is 20.8 Å². The standard InChI is InChI=1S/C11H18N2O3/c1-10(2,3)16-9(15)12-7-6-11(4-5-11)13-8(7)14/h7H,4-6H2,1-3H3,(H,12,15)(H,13,14). The maximum absolute atomic E-state index is 11.5. The molecule has 1 heterocycles. The van der Waals surface area contributed by atoms with Gasteiger partial charge in [0.2, 0.25) is 5.91 Å². The van der Waals surface area contributed by atoms with Gasteiger partial charge in [-0.2, -0.15) is 0 Å². The highest BCUT2D eigenvalue weighted by molar-refractivity contribution is 5.89. The number of ether oxygens (including phenoxy) is 1. The molecule has 16 heavy (non-hydrogen) atoms. The molecular weight excluding hydrogens is 208 g/mol. The van der Waals surface area contributed by atoms with Gasteiger partial charge < -0.3 is 15.4 Å². The van der Waals surface area contributed by atoms with Crippen molar-refractivity contribution in [2.24, 2.45) is 0 Å². The second-order valence-electron chi connectivity index (χ2n) is 5.67. The molecule has 1 saturated heterocycles. The number of carbonyl (C=O) groups excluding carboxylic acids is 2. The van der Waals surface area contributed by atoms with E-state index in [1.807, 2.05) is 0 Å². The van der Waals surface area contributed by atoms with E-state index in [0.29, 0.717) is 6.42 Å². The maximum Gasteiger partial charge on any atom is 0.408 e. The minimum Gasteiger partial charge on any atom is -0.444 e. The van der Waals surface area contributed by atoms with Gasteiger partial charge in [-0.3, -0.25) is 4.79 Å². The van der Waals surface area contributed by atoms with Crippen LogP contribution in [0.1, 0.15) is 40.0 Å². The van der Waals surface area contributed by atoms with Crippen LogP contribution in [0.5, 0.6) is 0 Å². The molecule has 2 rings (SSSR count). The Kier molecular flexibility index (Phi) is 2.36. The first kappa shape index (κ1) is 11.2. The fourth-order valence-electron chi connectivity index (χ4n) is 1.93. The van der Waals surface area contributed by atoms with Crippen molar-refractivity contribution in [3.05, 3.63) is 0 Å².